The van der Waals surface area contributed by atoms with Gasteiger partial charge >= 0.3 is 0 Å². The highest BCUT2D eigenvalue weighted by molar-refractivity contribution is 9.10. The first-order chi connectivity index (χ1) is 9.54. The Morgan fingerprint density at radius 2 is 2.25 bits per heavy atom. The summed E-state index contributed by atoms with van der Waals surface area (Å²) in [5, 5.41) is 2.83. The highest BCUT2D eigenvalue weighted by atomic mass is 79.9. The number of benzene rings is 1. The number of hydrogen-bond acceptors (Lipinski definition) is 4. The predicted molar refractivity (Wildman–Crippen MR) is 81.9 cm³/mol. The number of nitrogens with zero attached hydrogens (tertiary/aromatic N) is 1. The summed E-state index contributed by atoms with van der Waals surface area (Å²) in [6.45, 7) is -0.147. The molecule has 0 aliphatic carbocycles. The van der Waals surface area contributed by atoms with Gasteiger partial charge in [0, 0.05) is 22.4 Å². The van der Waals surface area contributed by atoms with Crippen molar-refractivity contribution in [3.63, 3.8) is 0 Å². The number of aromatic nitrogens is 1. The monoisotopic (exact) mass is 355 g/mol. The highest BCUT2D eigenvalue weighted by Gasteiger charge is 2.08. The van der Waals surface area contributed by atoms with Gasteiger partial charge in [0.25, 0.3) is 5.91 Å². The van der Waals surface area contributed by atoms with Crippen molar-refractivity contribution in [3.05, 3.63) is 46.2 Å². The molecule has 0 saturated carbocycles. The van der Waals surface area contributed by atoms with E-state index in [1.807, 2.05) is 0 Å². The van der Waals surface area contributed by atoms with Gasteiger partial charge in [-0.15, -0.1) is 0 Å². The van der Waals surface area contributed by atoms with Crippen molar-refractivity contribution in [2.24, 2.45) is 0 Å². The lowest BCUT2D eigenvalue weighted by molar-refractivity contribution is -0.118. The third kappa shape index (κ3) is 4.11. The van der Waals surface area contributed by atoms with Gasteiger partial charge in [0.05, 0.1) is 5.69 Å². The quantitative estimate of drug-likeness (QED) is 0.652. The van der Waals surface area contributed by atoms with E-state index in [1.165, 1.54) is 0 Å². The van der Waals surface area contributed by atoms with Gasteiger partial charge in [0.2, 0.25) is 0 Å². The number of nitrogen functional groups attached to an aromatic ring is 1. The van der Waals surface area contributed by atoms with Crippen LogP contribution in [-0.2, 0) is 4.79 Å². The molecular formula is C13H11BrClN3O2. The van der Waals surface area contributed by atoms with Crippen LogP contribution in [0.15, 0.2) is 41.0 Å². The zero-order valence-electron chi connectivity index (χ0n) is 10.3. The predicted octanol–water partition coefficient (Wildman–Crippen LogP) is 3.10. The minimum atomic E-state index is -0.339. The molecule has 20 heavy (non-hydrogen) atoms. The Kier molecular flexibility index (Phi) is 4.81. The van der Waals surface area contributed by atoms with Gasteiger partial charge in [-0.1, -0.05) is 17.7 Å². The van der Waals surface area contributed by atoms with Gasteiger partial charge < -0.3 is 15.8 Å². The Morgan fingerprint density at radius 3 is 3.00 bits per heavy atom. The first kappa shape index (κ1) is 14.6. The van der Waals surface area contributed by atoms with Crippen LogP contribution in [0.2, 0.25) is 5.15 Å². The second-order valence-electron chi connectivity index (χ2n) is 3.90. The summed E-state index contributed by atoms with van der Waals surface area (Å²) in [6.07, 6.45) is 1.54. The van der Waals surface area contributed by atoms with Crippen LogP contribution in [0, 0.1) is 0 Å². The third-order valence-corrected chi connectivity index (χ3v) is 3.04. The average molecular weight is 357 g/mol. The van der Waals surface area contributed by atoms with Gasteiger partial charge in [-0.3, -0.25) is 4.79 Å². The molecule has 0 aliphatic rings. The minimum absolute atomic E-state index is 0.147. The second kappa shape index (κ2) is 6.58. The van der Waals surface area contributed by atoms with Crippen molar-refractivity contribution < 1.29 is 9.53 Å². The number of nitrogens with one attached hydrogen (secondary N) is 1. The number of carbonyl (C=O) groups excluding carboxylic acids is 1. The summed E-state index contributed by atoms with van der Waals surface area (Å²) < 4.78 is 6.04. The number of amides is 1. The molecule has 0 bridgehead atoms. The van der Waals surface area contributed by atoms with Gasteiger partial charge in [-0.25, -0.2) is 4.98 Å². The highest BCUT2D eigenvalue weighted by Crippen LogP contribution is 2.23. The van der Waals surface area contributed by atoms with Crippen LogP contribution in [-0.4, -0.2) is 17.5 Å². The van der Waals surface area contributed by atoms with E-state index in [4.69, 9.17) is 22.1 Å². The van der Waals surface area contributed by atoms with Crippen LogP contribution in [0.25, 0.3) is 0 Å². The van der Waals surface area contributed by atoms with Crippen LogP contribution in [0.5, 0.6) is 5.75 Å². The first-order valence-electron chi connectivity index (χ1n) is 5.64. The van der Waals surface area contributed by atoms with Gasteiger partial charge in [0.15, 0.2) is 11.8 Å². The molecule has 1 aromatic carbocycles. The number of ether oxygens (including phenoxy) is 1. The first-order valence-corrected chi connectivity index (χ1v) is 6.81. The zero-order valence-corrected chi connectivity index (χ0v) is 12.6. The molecule has 0 unspecified atom stereocenters. The summed E-state index contributed by atoms with van der Waals surface area (Å²) in [4.78, 5) is 15.7. The number of nitrogens with two attached hydrogens (primary N) is 1. The Bertz CT molecular complexity index is 637. The van der Waals surface area contributed by atoms with Crippen LogP contribution in [0.4, 0.5) is 11.4 Å². The van der Waals surface area contributed by atoms with E-state index >= 15 is 0 Å². The number of anilines is 2. The average Bonchev–Trinajstić information content (AvgIpc) is 2.41. The van der Waals surface area contributed by atoms with E-state index in [9.17, 15) is 4.79 Å². The number of rotatable bonds is 4. The Morgan fingerprint density at radius 1 is 1.45 bits per heavy atom. The van der Waals surface area contributed by atoms with Crippen molar-refractivity contribution in [2.45, 2.75) is 0 Å². The molecular weight excluding hydrogens is 346 g/mol. The van der Waals surface area contributed by atoms with Gasteiger partial charge in [0.1, 0.15) is 5.75 Å². The molecule has 0 spiro atoms. The number of pyridine rings is 1. The molecule has 7 heteroatoms. The van der Waals surface area contributed by atoms with E-state index < -0.39 is 0 Å². The maximum absolute atomic E-state index is 11.8. The van der Waals surface area contributed by atoms with E-state index in [1.54, 1.807) is 36.5 Å². The third-order valence-electron chi connectivity index (χ3n) is 2.31. The minimum Gasteiger partial charge on any atom is -0.484 e. The maximum Gasteiger partial charge on any atom is 0.262 e. The molecule has 1 heterocycles. The molecule has 0 saturated heterocycles. The summed E-state index contributed by atoms with van der Waals surface area (Å²) in [7, 11) is 0. The Labute approximate surface area is 129 Å². The molecule has 2 rings (SSSR count). The van der Waals surface area contributed by atoms with Crippen molar-refractivity contribution in [1.29, 1.82) is 0 Å². The summed E-state index contributed by atoms with van der Waals surface area (Å²) in [5.41, 5.74) is 6.60. The van der Waals surface area contributed by atoms with Crippen LogP contribution < -0.4 is 15.8 Å². The largest absolute Gasteiger partial charge is 0.484 e. The Hall–Kier alpha value is -1.79. The van der Waals surface area contributed by atoms with E-state index in [0.29, 0.717) is 21.6 Å². The van der Waals surface area contributed by atoms with Crippen molar-refractivity contribution >= 4 is 44.8 Å². The molecule has 0 aliphatic heterocycles. The van der Waals surface area contributed by atoms with Gasteiger partial charge in [-0.2, -0.15) is 0 Å². The van der Waals surface area contributed by atoms with E-state index in [-0.39, 0.29) is 17.7 Å². The SMILES string of the molecule is Nc1cccc(OCC(=O)Nc2cc(Br)cnc2Cl)c1. The van der Waals surface area contributed by atoms with Crippen LogP contribution in [0.1, 0.15) is 0 Å². The number of hydrogen-bond donors (Lipinski definition) is 2. The molecule has 0 atom stereocenters. The molecule has 1 amide bonds. The molecule has 1 aromatic heterocycles. The van der Waals surface area contributed by atoms with Crippen molar-refractivity contribution in [3.8, 4) is 5.75 Å². The fraction of sp³-hybridized carbons (Fsp3) is 0.0769. The van der Waals surface area contributed by atoms with Gasteiger partial charge in [-0.05, 0) is 34.1 Å². The molecule has 5 nitrogen and oxygen atoms in total. The van der Waals surface area contributed by atoms with E-state index in [2.05, 4.69) is 26.2 Å². The van der Waals surface area contributed by atoms with Crippen LogP contribution in [0.3, 0.4) is 0 Å². The summed E-state index contributed by atoms with van der Waals surface area (Å²) in [5.74, 6) is 0.188. The molecule has 104 valence electrons. The molecule has 2 aromatic rings. The van der Waals surface area contributed by atoms with Crippen molar-refractivity contribution in [2.75, 3.05) is 17.7 Å². The zero-order chi connectivity index (χ0) is 14.5. The smallest absolute Gasteiger partial charge is 0.262 e. The maximum atomic E-state index is 11.8. The standard InChI is InChI=1S/C13H11BrClN3O2/c14-8-4-11(13(15)17-6-8)18-12(19)7-20-10-3-1-2-9(16)5-10/h1-6H,7,16H2,(H,18,19). The second-order valence-corrected chi connectivity index (χ2v) is 5.17. The van der Waals surface area contributed by atoms with Crippen LogP contribution >= 0.6 is 27.5 Å². The van der Waals surface area contributed by atoms with Crippen molar-refractivity contribution in [1.82, 2.24) is 4.98 Å². The Balaban J connectivity index is 1.94. The summed E-state index contributed by atoms with van der Waals surface area (Å²) >= 11 is 9.13. The lowest BCUT2D eigenvalue weighted by Crippen LogP contribution is -2.20. The normalized spacial score (nSPS) is 10.1. The molecule has 3 N–H and O–H groups in total. The fourth-order valence-electron chi connectivity index (χ4n) is 1.45. The molecule has 0 fully saturated rings. The number of carbonyl (C=O) groups is 1. The number of halogens is 2. The summed E-state index contributed by atoms with van der Waals surface area (Å²) in [6, 6.07) is 8.50. The lowest BCUT2D eigenvalue weighted by atomic mass is 10.3. The van der Waals surface area contributed by atoms with E-state index in [0.717, 1.165) is 0 Å². The fourth-order valence-corrected chi connectivity index (χ4v) is 1.93. The topological polar surface area (TPSA) is 77.2 Å². The lowest BCUT2D eigenvalue weighted by Gasteiger charge is -2.09. The molecule has 0 radical (unpaired) electrons.